The molecule has 31 heavy (non-hydrogen) atoms. The van der Waals surface area contributed by atoms with Crippen molar-refractivity contribution in [2.75, 3.05) is 5.32 Å². The third-order valence-corrected chi connectivity index (χ3v) is 5.01. The van der Waals surface area contributed by atoms with E-state index in [9.17, 15) is 9.90 Å². The molecule has 0 spiro atoms. The number of rotatable bonds is 7. The molecule has 0 fully saturated rings. The number of ether oxygens (including phenoxy) is 1. The first-order valence-corrected chi connectivity index (χ1v) is 10.1. The monoisotopic (exact) mass is 433 g/mol. The Bertz CT molecular complexity index is 1170. The zero-order chi connectivity index (χ0) is 21.6. The number of aliphatic hydroxyl groups is 1. The van der Waals surface area contributed by atoms with Gasteiger partial charge in [0.05, 0.1) is 10.7 Å². The number of aliphatic hydroxyl groups excluding tert-OH is 1. The van der Waals surface area contributed by atoms with Gasteiger partial charge in [0.2, 0.25) is 0 Å². The minimum atomic E-state index is -0.288. The van der Waals surface area contributed by atoms with Crippen molar-refractivity contribution in [1.29, 1.82) is 0 Å². The van der Waals surface area contributed by atoms with E-state index in [0.717, 1.165) is 11.1 Å². The smallest absolute Gasteiger partial charge is 0.255 e. The number of hydrogen-bond donors (Lipinski definition) is 2. The quantitative estimate of drug-likeness (QED) is 0.379. The number of nitrogens with one attached hydrogen (secondary N) is 1. The fourth-order valence-electron chi connectivity index (χ4n) is 3.03. The molecule has 4 aromatic rings. The van der Waals surface area contributed by atoms with Gasteiger partial charge in [0, 0.05) is 11.1 Å². The minimum Gasteiger partial charge on any atom is -0.489 e. The van der Waals surface area contributed by atoms with Crippen LogP contribution >= 0.6 is 11.6 Å². The van der Waals surface area contributed by atoms with Crippen LogP contribution in [0.3, 0.4) is 0 Å². The van der Waals surface area contributed by atoms with Crippen LogP contribution in [-0.2, 0) is 13.2 Å². The molecule has 0 bridgehead atoms. The van der Waals surface area contributed by atoms with Crippen molar-refractivity contribution in [2.45, 2.75) is 13.2 Å². The zero-order valence-corrected chi connectivity index (χ0v) is 17.3. The SMILES string of the molecule is O=C(Nc1cc(-c2ccc(CO)o2)ccc1Cl)c1ccc(OCc2ccccc2)cc1. The Morgan fingerprint density at radius 2 is 1.74 bits per heavy atom. The molecule has 4 rings (SSSR count). The maximum Gasteiger partial charge on any atom is 0.255 e. The van der Waals surface area contributed by atoms with E-state index in [2.05, 4.69) is 5.32 Å². The third-order valence-electron chi connectivity index (χ3n) is 4.68. The lowest BCUT2D eigenvalue weighted by Crippen LogP contribution is -2.12. The molecule has 1 amide bonds. The standard InChI is InChI=1S/C25H20ClNO4/c26-22-12-8-19(24-13-11-21(15-28)31-24)14-23(22)27-25(29)18-6-9-20(10-7-18)30-16-17-4-2-1-3-5-17/h1-14,28H,15-16H2,(H,27,29). The number of amides is 1. The molecule has 156 valence electrons. The summed E-state index contributed by atoms with van der Waals surface area (Å²) >= 11 is 6.27. The summed E-state index contributed by atoms with van der Waals surface area (Å²) in [7, 11) is 0. The lowest BCUT2D eigenvalue weighted by molar-refractivity contribution is 0.102. The van der Waals surface area contributed by atoms with Gasteiger partial charge in [0.15, 0.2) is 0 Å². The predicted octanol–water partition coefficient (Wildman–Crippen LogP) is 5.92. The molecule has 0 saturated heterocycles. The van der Waals surface area contributed by atoms with E-state index < -0.39 is 0 Å². The number of halogens is 1. The molecule has 0 aliphatic heterocycles. The van der Waals surface area contributed by atoms with Crippen LogP contribution in [0.2, 0.25) is 5.02 Å². The number of benzene rings is 3. The summed E-state index contributed by atoms with van der Waals surface area (Å²) in [4.78, 5) is 12.7. The van der Waals surface area contributed by atoms with E-state index >= 15 is 0 Å². The molecule has 0 aliphatic carbocycles. The largest absolute Gasteiger partial charge is 0.489 e. The average molecular weight is 434 g/mol. The van der Waals surface area contributed by atoms with Gasteiger partial charge in [0.25, 0.3) is 5.91 Å². The van der Waals surface area contributed by atoms with Gasteiger partial charge < -0.3 is 19.6 Å². The molecular weight excluding hydrogens is 414 g/mol. The first kappa shape index (κ1) is 20.7. The number of anilines is 1. The van der Waals surface area contributed by atoms with Crippen LogP contribution in [0, 0.1) is 0 Å². The summed E-state index contributed by atoms with van der Waals surface area (Å²) in [5.74, 6) is 1.43. The van der Waals surface area contributed by atoms with Crippen molar-refractivity contribution in [1.82, 2.24) is 0 Å². The number of carbonyl (C=O) groups excluding carboxylic acids is 1. The lowest BCUT2D eigenvalue weighted by Gasteiger charge is -2.10. The second kappa shape index (κ2) is 9.51. The zero-order valence-electron chi connectivity index (χ0n) is 16.5. The summed E-state index contributed by atoms with van der Waals surface area (Å²) in [5.41, 5.74) is 2.76. The van der Waals surface area contributed by atoms with E-state index in [4.69, 9.17) is 20.8 Å². The molecule has 0 radical (unpaired) electrons. The minimum absolute atomic E-state index is 0.178. The van der Waals surface area contributed by atoms with Gasteiger partial charge >= 0.3 is 0 Å². The fourth-order valence-corrected chi connectivity index (χ4v) is 3.20. The van der Waals surface area contributed by atoms with E-state index in [1.165, 1.54) is 0 Å². The van der Waals surface area contributed by atoms with E-state index in [1.54, 1.807) is 54.6 Å². The van der Waals surface area contributed by atoms with Gasteiger partial charge in [-0.05, 0) is 60.2 Å². The molecule has 5 nitrogen and oxygen atoms in total. The van der Waals surface area contributed by atoms with Crippen LogP contribution in [0.4, 0.5) is 5.69 Å². The van der Waals surface area contributed by atoms with Gasteiger partial charge in [-0.2, -0.15) is 0 Å². The normalized spacial score (nSPS) is 10.6. The molecule has 3 aromatic carbocycles. The van der Waals surface area contributed by atoms with Crippen LogP contribution in [0.25, 0.3) is 11.3 Å². The van der Waals surface area contributed by atoms with Crippen LogP contribution < -0.4 is 10.1 Å². The Morgan fingerprint density at radius 1 is 0.968 bits per heavy atom. The second-order valence-electron chi connectivity index (χ2n) is 6.87. The molecule has 1 aromatic heterocycles. The Kier molecular flexibility index (Phi) is 6.36. The highest BCUT2D eigenvalue weighted by Crippen LogP contribution is 2.30. The fraction of sp³-hybridized carbons (Fsp3) is 0.0800. The van der Waals surface area contributed by atoms with Crippen molar-refractivity contribution in [3.05, 3.63) is 107 Å². The van der Waals surface area contributed by atoms with Gasteiger partial charge in [-0.25, -0.2) is 0 Å². The summed E-state index contributed by atoms with van der Waals surface area (Å²) in [6, 6.07) is 25.5. The highest BCUT2D eigenvalue weighted by atomic mass is 35.5. The van der Waals surface area contributed by atoms with Crippen molar-refractivity contribution in [2.24, 2.45) is 0 Å². The second-order valence-corrected chi connectivity index (χ2v) is 7.28. The highest BCUT2D eigenvalue weighted by molar-refractivity contribution is 6.34. The Morgan fingerprint density at radius 3 is 2.45 bits per heavy atom. The van der Waals surface area contributed by atoms with Crippen molar-refractivity contribution in [3.8, 4) is 17.1 Å². The Hall–Kier alpha value is -3.54. The maximum absolute atomic E-state index is 12.7. The topological polar surface area (TPSA) is 71.7 Å². The van der Waals surface area contributed by atoms with Gasteiger partial charge in [-0.1, -0.05) is 41.9 Å². The van der Waals surface area contributed by atoms with Crippen molar-refractivity contribution < 1.29 is 19.1 Å². The Labute approximate surface area is 184 Å². The highest BCUT2D eigenvalue weighted by Gasteiger charge is 2.12. The van der Waals surface area contributed by atoms with Gasteiger partial charge in [0.1, 0.15) is 30.5 Å². The van der Waals surface area contributed by atoms with Crippen LogP contribution in [-0.4, -0.2) is 11.0 Å². The molecule has 0 unspecified atom stereocenters. The Balaban J connectivity index is 1.43. The molecule has 1 heterocycles. The summed E-state index contributed by atoms with van der Waals surface area (Å²) in [6.07, 6.45) is 0. The molecule has 0 atom stereocenters. The van der Waals surface area contributed by atoms with Crippen molar-refractivity contribution in [3.63, 3.8) is 0 Å². The van der Waals surface area contributed by atoms with E-state index in [0.29, 0.717) is 40.2 Å². The number of carbonyl (C=O) groups is 1. The molecule has 2 N–H and O–H groups in total. The van der Waals surface area contributed by atoms with Crippen molar-refractivity contribution >= 4 is 23.2 Å². The third kappa shape index (κ3) is 5.15. The molecular formula is C25H20ClNO4. The van der Waals surface area contributed by atoms with Crippen LogP contribution in [0.15, 0.2) is 89.3 Å². The summed E-state index contributed by atoms with van der Waals surface area (Å²) in [5, 5.41) is 12.4. The van der Waals surface area contributed by atoms with Gasteiger partial charge in [-0.3, -0.25) is 4.79 Å². The van der Waals surface area contributed by atoms with E-state index in [1.807, 2.05) is 30.3 Å². The maximum atomic E-state index is 12.7. The molecule has 0 aliphatic rings. The lowest BCUT2D eigenvalue weighted by atomic mass is 10.1. The summed E-state index contributed by atoms with van der Waals surface area (Å²) in [6.45, 7) is 0.280. The first-order valence-electron chi connectivity index (χ1n) is 9.70. The number of furan rings is 1. The molecule has 0 saturated carbocycles. The number of hydrogen-bond acceptors (Lipinski definition) is 4. The van der Waals surface area contributed by atoms with Gasteiger partial charge in [-0.15, -0.1) is 0 Å². The van der Waals surface area contributed by atoms with E-state index in [-0.39, 0.29) is 12.5 Å². The molecule has 6 heteroatoms. The average Bonchev–Trinajstić information content (AvgIpc) is 3.29. The first-order chi connectivity index (χ1) is 15.1. The van der Waals surface area contributed by atoms with Crippen LogP contribution in [0.1, 0.15) is 21.7 Å². The van der Waals surface area contributed by atoms with Crippen LogP contribution in [0.5, 0.6) is 5.75 Å². The summed E-state index contributed by atoms with van der Waals surface area (Å²) < 4.78 is 11.3. The predicted molar refractivity (Wildman–Crippen MR) is 120 cm³/mol.